The van der Waals surface area contributed by atoms with Gasteiger partial charge in [0.2, 0.25) is 0 Å². The summed E-state index contributed by atoms with van der Waals surface area (Å²) in [4.78, 5) is 34.4. The Morgan fingerprint density at radius 1 is 1.35 bits per heavy atom. The van der Waals surface area contributed by atoms with Gasteiger partial charge >= 0.3 is 18.0 Å². The smallest absolute Gasteiger partial charge is 0.326 e. The molecule has 0 heterocycles. The summed E-state index contributed by atoms with van der Waals surface area (Å²) < 4.78 is 4.39. The van der Waals surface area contributed by atoms with E-state index in [9.17, 15) is 14.4 Å². The van der Waals surface area contributed by atoms with E-state index in [1.807, 2.05) is 0 Å². The molecule has 0 fully saturated rings. The topological polar surface area (TPSA) is 95.9 Å². The average Bonchev–Trinajstić information content (AvgIpc) is 2.23. The fourth-order valence-electron chi connectivity index (χ4n) is 1.09. The van der Waals surface area contributed by atoms with E-state index in [0.29, 0.717) is 0 Å². The number of carboxylic acids is 1. The number of aliphatic carboxylic acids is 1. The number of nitrogens with one attached hydrogen (secondary N) is 1. The highest BCUT2D eigenvalue weighted by molar-refractivity contribution is 5.85. The maximum atomic E-state index is 11.6. The molecule has 0 unspecified atom stereocenters. The minimum absolute atomic E-state index is 0.229. The Balaban J connectivity index is 4.41. The number of carboxylic acid groups (broad SMARTS) is 1. The van der Waals surface area contributed by atoms with Crippen molar-refractivity contribution in [2.45, 2.75) is 19.9 Å². The molecule has 2 amide bonds. The normalized spacial score (nSPS) is 11.8. The molecule has 0 bridgehead atoms. The Kier molecular flexibility index (Phi) is 6.01. The second-order valence-corrected chi connectivity index (χ2v) is 3.94. The molecule has 0 aliphatic carbocycles. The number of urea groups is 1. The van der Waals surface area contributed by atoms with E-state index in [0.717, 1.165) is 4.90 Å². The summed E-state index contributed by atoms with van der Waals surface area (Å²) in [5.74, 6) is -1.93. The highest BCUT2D eigenvalue weighted by Crippen LogP contribution is 2.02. The monoisotopic (exact) mass is 246 g/mol. The molecule has 0 saturated carbocycles. The number of ether oxygens (including phenoxy) is 1. The van der Waals surface area contributed by atoms with Crippen LogP contribution in [-0.2, 0) is 14.3 Å². The quantitative estimate of drug-likeness (QED) is 0.661. The Labute approximate surface area is 99.7 Å². The van der Waals surface area contributed by atoms with Crippen molar-refractivity contribution in [3.63, 3.8) is 0 Å². The highest BCUT2D eigenvalue weighted by Gasteiger charge is 2.25. The highest BCUT2D eigenvalue weighted by atomic mass is 16.5. The summed E-state index contributed by atoms with van der Waals surface area (Å²) in [6, 6.07) is -1.61. The van der Waals surface area contributed by atoms with E-state index in [-0.39, 0.29) is 12.5 Å². The molecule has 2 N–H and O–H groups in total. The van der Waals surface area contributed by atoms with Crippen LogP contribution in [0.25, 0.3) is 0 Å². The van der Waals surface area contributed by atoms with Crippen LogP contribution in [0.5, 0.6) is 0 Å². The standard InChI is InChI=1S/C10H18N2O5/c1-6(2)8(9(14)15)11-10(16)12(3)5-7(13)17-4/h6,8H,5H2,1-4H3,(H,11,16)(H,14,15)/t8-/m1/s1. The van der Waals surface area contributed by atoms with Crippen LogP contribution >= 0.6 is 0 Å². The number of hydrogen-bond donors (Lipinski definition) is 2. The van der Waals surface area contributed by atoms with Crippen molar-refractivity contribution in [3.8, 4) is 0 Å². The van der Waals surface area contributed by atoms with Gasteiger partial charge in [0.25, 0.3) is 0 Å². The average molecular weight is 246 g/mol. The molecular formula is C10H18N2O5. The third-order valence-corrected chi connectivity index (χ3v) is 2.15. The molecular weight excluding hydrogens is 228 g/mol. The van der Waals surface area contributed by atoms with Crippen molar-refractivity contribution in [3.05, 3.63) is 0 Å². The largest absolute Gasteiger partial charge is 0.480 e. The fourth-order valence-corrected chi connectivity index (χ4v) is 1.09. The summed E-state index contributed by atoms with van der Waals surface area (Å²) in [5, 5.41) is 11.2. The van der Waals surface area contributed by atoms with Crippen LogP contribution < -0.4 is 5.32 Å². The number of likely N-dealkylation sites (N-methyl/N-ethyl adjacent to an activating group) is 1. The Hall–Kier alpha value is -1.79. The van der Waals surface area contributed by atoms with Gasteiger partial charge in [-0.05, 0) is 5.92 Å². The lowest BCUT2D eigenvalue weighted by Crippen LogP contribution is -2.50. The van der Waals surface area contributed by atoms with Gasteiger partial charge in [-0.1, -0.05) is 13.8 Å². The van der Waals surface area contributed by atoms with Crippen LogP contribution in [0, 0.1) is 5.92 Å². The molecule has 0 radical (unpaired) electrons. The second kappa shape index (κ2) is 6.72. The van der Waals surface area contributed by atoms with Crippen molar-refractivity contribution in [2.75, 3.05) is 20.7 Å². The zero-order chi connectivity index (χ0) is 13.6. The van der Waals surface area contributed by atoms with E-state index in [4.69, 9.17) is 5.11 Å². The zero-order valence-corrected chi connectivity index (χ0v) is 10.4. The summed E-state index contributed by atoms with van der Waals surface area (Å²) in [6.45, 7) is 3.13. The minimum Gasteiger partial charge on any atom is -0.480 e. The van der Waals surface area contributed by atoms with Crippen molar-refractivity contribution in [1.29, 1.82) is 0 Å². The van der Waals surface area contributed by atoms with Crippen molar-refractivity contribution in [1.82, 2.24) is 10.2 Å². The van der Waals surface area contributed by atoms with Crippen LogP contribution in [-0.4, -0.2) is 54.7 Å². The summed E-state index contributed by atoms with van der Waals surface area (Å²) in [6.07, 6.45) is 0. The molecule has 0 aromatic heterocycles. The Bertz CT molecular complexity index is 303. The van der Waals surface area contributed by atoms with Gasteiger partial charge in [-0.15, -0.1) is 0 Å². The number of amides is 2. The number of methoxy groups -OCH3 is 1. The van der Waals surface area contributed by atoms with Gasteiger partial charge in [0.05, 0.1) is 7.11 Å². The summed E-state index contributed by atoms with van der Waals surface area (Å²) in [5.41, 5.74) is 0. The van der Waals surface area contributed by atoms with E-state index in [1.54, 1.807) is 13.8 Å². The molecule has 7 nitrogen and oxygen atoms in total. The molecule has 0 spiro atoms. The van der Waals surface area contributed by atoms with Crippen LogP contribution in [0.2, 0.25) is 0 Å². The Morgan fingerprint density at radius 2 is 1.88 bits per heavy atom. The van der Waals surface area contributed by atoms with E-state index >= 15 is 0 Å². The van der Waals surface area contributed by atoms with Gasteiger partial charge in [-0.3, -0.25) is 4.79 Å². The fraction of sp³-hybridized carbons (Fsp3) is 0.700. The first kappa shape index (κ1) is 15.2. The lowest BCUT2D eigenvalue weighted by atomic mass is 10.1. The number of nitrogens with zero attached hydrogens (tertiary/aromatic N) is 1. The number of carbonyl (C=O) groups excluding carboxylic acids is 2. The predicted molar refractivity (Wildman–Crippen MR) is 59.4 cm³/mol. The zero-order valence-electron chi connectivity index (χ0n) is 10.4. The molecule has 0 aliphatic rings. The molecule has 1 atom stereocenters. The van der Waals surface area contributed by atoms with E-state index < -0.39 is 24.0 Å². The third kappa shape index (κ3) is 5.19. The van der Waals surface area contributed by atoms with Crippen LogP contribution in [0.15, 0.2) is 0 Å². The lowest BCUT2D eigenvalue weighted by molar-refractivity contribution is -0.141. The molecule has 0 saturated heterocycles. The lowest BCUT2D eigenvalue weighted by Gasteiger charge is -2.22. The molecule has 0 aromatic rings. The van der Waals surface area contributed by atoms with Gasteiger partial charge < -0.3 is 20.1 Å². The maximum Gasteiger partial charge on any atom is 0.326 e. The van der Waals surface area contributed by atoms with Gasteiger partial charge in [0, 0.05) is 7.05 Å². The van der Waals surface area contributed by atoms with Crippen LogP contribution in [0.3, 0.4) is 0 Å². The molecule has 0 aromatic carbocycles. The van der Waals surface area contributed by atoms with Crippen molar-refractivity contribution in [2.24, 2.45) is 5.92 Å². The molecule has 0 rings (SSSR count). The van der Waals surface area contributed by atoms with Crippen molar-refractivity contribution >= 4 is 18.0 Å². The number of carbonyl (C=O) groups is 3. The molecule has 7 heteroatoms. The van der Waals surface area contributed by atoms with Gasteiger partial charge in [-0.25, -0.2) is 9.59 Å². The maximum absolute atomic E-state index is 11.6. The Morgan fingerprint density at radius 3 is 2.24 bits per heavy atom. The number of hydrogen-bond acceptors (Lipinski definition) is 4. The van der Waals surface area contributed by atoms with Gasteiger partial charge in [-0.2, -0.15) is 0 Å². The molecule has 98 valence electrons. The third-order valence-electron chi connectivity index (χ3n) is 2.15. The number of rotatable bonds is 5. The van der Waals surface area contributed by atoms with Crippen LogP contribution in [0.4, 0.5) is 4.79 Å². The van der Waals surface area contributed by atoms with E-state index in [1.165, 1.54) is 14.2 Å². The first-order valence-electron chi connectivity index (χ1n) is 5.10. The van der Waals surface area contributed by atoms with E-state index in [2.05, 4.69) is 10.1 Å². The second-order valence-electron chi connectivity index (χ2n) is 3.94. The van der Waals surface area contributed by atoms with Crippen LogP contribution in [0.1, 0.15) is 13.8 Å². The van der Waals surface area contributed by atoms with Gasteiger partial charge in [0.1, 0.15) is 12.6 Å². The SMILES string of the molecule is COC(=O)CN(C)C(=O)N[C@@H](C(=O)O)C(C)C. The summed E-state index contributed by atoms with van der Waals surface area (Å²) in [7, 11) is 2.59. The first-order valence-corrected chi connectivity index (χ1v) is 5.10. The number of esters is 1. The van der Waals surface area contributed by atoms with Gasteiger partial charge in [0.15, 0.2) is 0 Å². The molecule has 0 aliphatic heterocycles. The first-order chi connectivity index (χ1) is 7.79. The summed E-state index contributed by atoms with van der Waals surface area (Å²) >= 11 is 0. The molecule has 17 heavy (non-hydrogen) atoms. The minimum atomic E-state index is -1.11. The van der Waals surface area contributed by atoms with Crippen molar-refractivity contribution < 1.29 is 24.2 Å². The predicted octanol–water partition coefficient (Wildman–Crippen LogP) is -0.0900.